The molecule has 2 bridgehead atoms. The number of carbonyl (C=O) groups excluding carboxylic acids is 1. The monoisotopic (exact) mass is 391 g/mol. The van der Waals surface area contributed by atoms with Gasteiger partial charge >= 0.3 is 6.18 Å². The molecule has 0 N–H and O–H groups in total. The van der Waals surface area contributed by atoms with Crippen molar-refractivity contribution in [1.29, 1.82) is 0 Å². The number of fused-ring (bicyclic) bond motifs is 2. The summed E-state index contributed by atoms with van der Waals surface area (Å²) in [5.41, 5.74) is 0.256. The molecule has 148 valence electrons. The highest BCUT2D eigenvalue weighted by Crippen LogP contribution is 2.43. The molecule has 2 aliphatic rings. The van der Waals surface area contributed by atoms with Crippen LogP contribution in [0.3, 0.4) is 0 Å². The van der Waals surface area contributed by atoms with Crippen molar-refractivity contribution in [1.82, 2.24) is 14.9 Å². The Morgan fingerprint density at radius 1 is 1.25 bits per heavy atom. The Morgan fingerprint density at radius 2 is 2.07 bits per heavy atom. The third-order valence-electron chi connectivity index (χ3n) is 5.56. The summed E-state index contributed by atoms with van der Waals surface area (Å²) in [5.74, 6) is 0.246. The van der Waals surface area contributed by atoms with Crippen LogP contribution >= 0.6 is 0 Å². The van der Waals surface area contributed by atoms with E-state index in [9.17, 15) is 18.0 Å². The Hall–Kier alpha value is -2.64. The molecule has 1 aliphatic carbocycles. The molecule has 0 spiro atoms. The van der Waals surface area contributed by atoms with Gasteiger partial charge in [-0.3, -0.25) is 9.78 Å². The molecule has 8 heteroatoms. The fourth-order valence-corrected chi connectivity index (χ4v) is 4.20. The fourth-order valence-electron chi connectivity index (χ4n) is 4.20. The van der Waals surface area contributed by atoms with Gasteiger partial charge in [0, 0.05) is 12.2 Å². The lowest BCUT2D eigenvalue weighted by molar-refractivity contribution is -0.137. The van der Waals surface area contributed by atoms with E-state index in [1.54, 1.807) is 18.0 Å². The summed E-state index contributed by atoms with van der Waals surface area (Å²) in [6.07, 6.45) is 1.41. The van der Waals surface area contributed by atoms with Crippen LogP contribution in [0.2, 0.25) is 0 Å². The van der Waals surface area contributed by atoms with Crippen LogP contribution in [0.25, 0.3) is 0 Å². The maximum atomic E-state index is 13.0. The largest absolute Gasteiger partial charge is 0.491 e. The third-order valence-corrected chi connectivity index (χ3v) is 5.56. The van der Waals surface area contributed by atoms with Gasteiger partial charge in [0.2, 0.25) is 0 Å². The molecule has 0 radical (unpaired) electrons. The molecule has 1 aliphatic heterocycles. The van der Waals surface area contributed by atoms with Gasteiger partial charge < -0.3 is 9.64 Å². The van der Waals surface area contributed by atoms with Gasteiger partial charge in [-0.2, -0.15) is 13.2 Å². The zero-order chi connectivity index (χ0) is 19.9. The first-order chi connectivity index (χ1) is 13.3. The predicted octanol–water partition coefficient (Wildman–Crippen LogP) is 3.88. The lowest BCUT2D eigenvalue weighted by atomic mass is 9.99. The highest BCUT2D eigenvalue weighted by atomic mass is 19.4. The molecule has 5 nitrogen and oxygen atoms in total. The molecule has 0 unspecified atom stereocenters. The Morgan fingerprint density at radius 3 is 2.79 bits per heavy atom. The van der Waals surface area contributed by atoms with Crippen molar-refractivity contribution < 1.29 is 22.7 Å². The van der Waals surface area contributed by atoms with E-state index < -0.39 is 11.7 Å². The molecule has 1 aromatic carbocycles. The predicted molar refractivity (Wildman–Crippen MR) is 94.8 cm³/mol. The molecule has 1 saturated carbocycles. The van der Waals surface area contributed by atoms with E-state index in [0.717, 1.165) is 37.1 Å². The number of alkyl halides is 3. The van der Waals surface area contributed by atoms with Crippen LogP contribution in [0.5, 0.6) is 5.75 Å². The lowest BCUT2D eigenvalue weighted by Gasteiger charge is -2.35. The summed E-state index contributed by atoms with van der Waals surface area (Å²) in [6, 6.07) is 4.77. The van der Waals surface area contributed by atoms with Gasteiger partial charge in [-0.25, -0.2) is 4.98 Å². The molecule has 3 atom stereocenters. The lowest BCUT2D eigenvalue weighted by Crippen LogP contribution is -2.48. The van der Waals surface area contributed by atoms with Crippen LogP contribution in [0.1, 0.15) is 41.0 Å². The molecule has 1 saturated heterocycles. The second-order valence-corrected chi connectivity index (χ2v) is 7.39. The number of amides is 1. The zero-order valence-electron chi connectivity index (χ0n) is 15.3. The number of ether oxygens (including phenoxy) is 1. The second-order valence-electron chi connectivity index (χ2n) is 7.39. The highest BCUT2D eigenvalue weighted by molar-refractivity contribution is 5.92. The number of carbonyl (C=O) groups is 1. The van der Waals surface area contributed by atoms with E-state index in [2.05, 4.69) is 9.97 Å². The van der Waals surface area contributed by atoms with Crippen LogP contribution in [-0.4, -0.2) is 39.5 Å². The second kappa shape index (κ2) is 7.07. The van der Waals surface area contributed by atoms with Gasteiger partial charge in [-0.1, -0.05) is 6.07 Å². The van der Waals surface area contributed by atoms with E-state index in [0.29, 0.717) is 0 Å². The number of aryl methyl sites for hydroxylation is 1. The van der Waals surface area contributed by atoms with Crippen molar-refractivity contribution in [2.45, 2.75) is 44.4 Å². The van der Waals surface area contributed by atoms with E-state index >= 15 is 0 Å². The van der Waals surface area contributed by atoms with Crippen LogP contribution in [-0.2, 0) is 6.18 Å². The number of benzene rings is 1. The Balaban J connectivity index is 1.50. The van der Waals surface area contributed by atoms with Gasteiger partial charge in [0.15, 0.2) is 0 Å². The molecule has 1 amide bonds. The quantitative estimate of drug-likeness (QED) is 0.794. The molecule has 2 aromatic rings. The fraction of sp³-hybridized carbons (Fsp3) is 0.450. The average Bonchev–Trinajstić information content (AvgIpc) is 3.27. The van der Waals surface area contributed by atoms with Gasteiger partial charge in [-0.15, -0.1) is 0 Å². The van der Waals surface area contributed by atoms with Crippen LogP contribution < -0.4 is 4.74 Å². The Kier molecular flexibility index (Phi) is 4.72. The summed E-state index contributed by atoms with van der Waals surface area (Å²) in [6.45, 7) is 1.96. The minimum absolute atomic E-state index is 0.121. The van der Waals surface area contributed by atoms with Crippen molar-refractivity contribution in [2.75, 3.05) is 6.61 Å². The summed E-state index contributed by atoms with van der Waals surface area (Å²) in [7, 11) is 0. The van der Waals surface area contributed by atoms with Gasteiger partial charge in [-0.05, 0) is 50.3 Å². The molecule has 28 heavy (non-hydrogen) atoms. The van der Waals surface area contributed by atoms with Crippen molar-refractivity contribution >= 4 is 5.91 Å². The first-order valence-electron chi connectivity index (χ1n) is 9.24. The van der Waals surface area contributed by atoms with E-state index in [1.165, 1.54) is 18.3 Å². The number of piperidine rings is 1. The molecule has 2 heterocycles. The van der Waals surface area contributed by atoms with Crippen molar-refractivity contribution in [3.63, 3.8) is 0 Å². The number of hydrogen-bond donors (Lipinski definition) is 0. The van der Waals surface area contributed by atoms with E-state index in [4.69, 9.17) is 4.74 Å². The first-order valence-corrected chi connectivity index (χ1v) is 9.24. The normalized spacial score (nSPS) is 23.9. The van der Waals surface area contributed by atoms with Crippen LogP contribution in [0.4, 0.5) is 13.2 Å². The Bertz CT molecular complexity index is 870. The zero-order valence-corrected chi connectivity index (χ0v) is 15.3. The molecular weight excluding hydrogens is 371 g/mol. The summed E-state index contributed by atoms with van der Waals surface area (Å²) < 4.78 is 44.4. The molecule has 1 aromatic heterocycles. The maximum absolute atomic E-state index is 13.0. The SMILES string of the molecule is Cc1cnc(C(=O)N2[C@@H]3CC[C@H](C3)[C@H]2COc2cccc(C(F)(F)F)c2)cn1. The average molecular weight is 391 g/mol. The van der Waals surface area contributed by atoms with Gasteiger partial charge in [0.25, 0.3) is 5.91 Å². The summed E-state index contributed by atoms with van der Waals surface area (Å²) >= 11 is 0. The third kappa shape index (κ3) is 3.55. The van der Waals surface area contributed by atoms with Crippen molar-refractivity contribution in [2.24, 2.45) is 5.92 Å². The van der Waals surface area contributed by atoms with E-state index in [1.807, 2.05) is 0 Å². The molecule has 2 fully saturated rings. The van der Waals surface area contributed by atoms with Crippen LogP contribution in [0, 0.1) is 12.8 Å². The van der Waals surface area contributed by atoms with Gasteiger partial charge in [0.1, 0.15) is 18.1 Å². The summed E-state index contributed by atoms with van der Waals surface area (Å²) in [5, 5.41) is 0. The van der Waals surface area contributed by atoms with Crippen LogP contribution in [0.15, 0.2) is 36.7 Å². The van der Waals surface area contributed by atoms with Crippen molar-refractivity contribution in [3.8, 4) is 5.75 Å². The summed E-state index contributed by atoms with van der Waals surface area (Å²) in [4.78, 5) is 23.1. The molecule has 4 rings (SSSR count). The highest BCUT2D eigenvalue weighted by Gasteiger charge is 2.48. The smallest absolute Gasteiger partial charge is 0.416 e. The maximum Gasteiger partial charge on any atom is 0.416 e. The minimum atomic E-state index is -4.42. The number of hydrogen-bond acceptors (Lipinski definition) is 4. The number of aromatic nitrogens is 2. The first kappa shape index (κ1) is 18.7. The standard InChI is InChI=1S/C20H20F3N3O2/c1-12-9-25-17(10-24-12)19(27)26-15-6-5-13(7-15)18(26)11-28-16-4-2-3-14(8-16)20(21,22)23/h2-4,8-10,13,15,18H,5-7,11H2,1H3/t13-,15-,18-/m1/s1. The Labute approximate surface area is 160 Å². The van der Waals surface area contributed by atoms with Gasteiger partial charge in [0.05, 0.1) is 23.5 Å². The topological polar surface area (TPSA) is 55.3 Å². The number of nitrogens with zero attached hydrogens (tertiary/aromatic N) is 3. The minimum Gasteiger partial charge on any atom is -0.491 e. The number of likely N-dealkylation sites (tertiary alicyclic amines) is 1. The number of rotatable bonds is 4. The molecular formula is C20H20F3N3O2. The van der Waals surface area contributed by atoms with E-state index in [-0.39, 0.29) is 42.0 Å². The number of halogens is 3. The van der Waals surface area contributed by atoms with Crippen molar-refractivity contribution in [3.05, 3.63) is 53.6 Å².